The first-order valence-electron chi connectivity index (χ1n) is 10.4. The van der Waals surface area contributed by atoms with Crippen LogP contribution in [0.1, 0.15) is 0 Å². The van der Waals surface area contributed by atoms with Crippen LogP contribution in [0.25, 0.3) is 0 Å². The minimum atomic E-state index is -0.164. The molecule has 3 heterocycles. The van der Waals surface area contributed by atoms with Gasteiger partial charge in [0.15, 0.2) is 11.5 Å². The van der Waals surface area contributed by atoms with Crippen LogP contribution in [0.2, 0.25) is 0 Å². The highest BCUT2D eigenvalue weighted by molar-refractivity contribution is 5.91. The second kappa shape index (κ2) is 9.69. The van der Waals surface area contributed by atoms with Crippen LogP contribution < -0.4 is 24.6 Å². The number of benzene rings is 1. The molecule has 1 aromatic heterocycles. The number of ether oxygens (including phenoxy) is 3. The van der Waals surface area contributed by atoms with E-state index in [-0.39, 0.29) is 6.03 Å². The average molecular weight is 428 g/mol. The minimum absolute atomic E-state index is 0.164. The Morgan fingerprint density at radius 1 is 1.00 bits per heavy atom. The van der Waals surface area contributed by atoms with Gasteiger partial charge in [-0.1, -0.05) is 6.07 Å². The number of anilines is 3. The molecule has 2 aliphatic rings. The summed E-state index contributed by atoms with van der Waals surface area (Å²) in [6.07, 6.45) is 1.79. The van der Waals surface area contributed by atoms with Crippen molar-refractivity contribution in [1.82, 2.24) is 14.9 Å². The molecule has 31 heavy (non-hydrogen) atoms. The van der Waals surface area contributed by atoms with Crippen molar-refractivity contribution in [3.63, 3.8) is 0 Å². The van der Waals surface area contributed by atoms with Crippen molar-refractivity contribution in [2.75, 3.05) is 81.8 Å². The molecule has 0 unspecified atom stereocenters. The molecule has 0 spiro atoms. The van der Waals surface area contributed by atoms with Crippen molar-refractivity contribution in [2.45, 2.75) is 0 Å². The Bertz CT molecular complexity index is 897. The summed E-state index contributed by atoms with van der Waals surface area (Å²) in [5.41, 5.74) is 0.584. The Morgan fingerprint density at radius 2 is 1.77 bits per heavy atom. The number of nitrogens with zero attached hydrogens (tertiary/aromatic N) is 5. The number of piperazine rings is 1. The Balaban J connectivity index is 1.36. The Hall–Kier alpha value is -3.27. The number of amides is 2. The number of methoxy groups -OCH3 is 2. The summed E-state index contributed by atoms with van der Waals surface area (Å²) < 4.78 is 16.1. The maximum absolute atomic E-state index is 12.8. The van der Waals surface area contributed by atoms with Crippen molar-refractivity contribution in [3.05, 3.63) is 30.5 Å². The van der Waals surface area contributed by atoms with Crippen molar-refractivity contribution in [1.29, 1.82) is 0 Å². The molecule has 10 nitrogen and oxygen atoms in total. The molecule has 2 aliphatic heterocycles. The van der Waals surface area contributed by atoms with Gasteiger partial charge in [-0.25, -0.2) is 9.78 Å². The van der Waals surface area contributed by atoms with Crippen LogP contribution in [0.15, 0.2) is 30.5 Å². The number of carbonyl (C=O) groups excluding carboxylic acids is 1. The second-order valence-corrected chi connectivity index (χ2v) is 7.26. The van der Waals surface area contributed by atoms with Crippen molar-refractivity contribution >= 4 is 23.5 Å². The second-order valence-electron chi connectivity index (χ2n) is 7.26. The molecule has 1 aromatic carbocycles. The summed E-state index contributed by atoms with van der Waals surface area (Å²) >= 11 is 0. The zero-order valence-corrected chi connectivity index (χ0v) is 17.9. The van der Waals surface area contributed by atoms with Crippen LogP contribution in [0.4, 0.5) is 22.2 Å². The highest BCUT2D eigenvalue weighted by Gasteiger charge is 2.24. The predicted octanol–water partition coefficient (Wildman–Crippen LogP) is 1.68. The number of urea groups is 1. The number of hydrogen-bond donors (Lipinski definition) is 1. The Morgan fingerprint density at radius 3 is 2.48 bits per heavy atom. The molecular formula is C21H28N6O4. The van der Waals surface area contributed by atoms with Gasteiger partial charge in [-0.15, -0.1) is 0 Å². The topological polar surface area (TPSA) is 92.3 Å². The van der Waals surface area contributed by atoms with E-state index >= 15 is 0 Å². The molecule has 2 amide bonds. The first kappa shape index (κ1) is 21.0. The molecule has 1 N–H and O–H groups in total. The zero-order valence-electron chi connectivity index (χ0n) is 17.9. The minimum Gasteiger partial charge on any atom is -0.493 e. The van der Waals surface area contributed by atoms with E-state index in [0.29, 0.717) is 56.6 Å². The van der Waals surface area contributed by atoms with Gasteiger partial charge in [-0.3, -0.25) is 0 Å². The highest BCUT2D eigenvalue weighted by Crippen LogP contribution is 2.34. The highest BCUT2D eigenvalue weighted by atomic mass is 16.5. The number of nitrogens with one attached hydrogen (secondary N) is 1. The van der Waals surface area contributed by atoms with E-state index in [9.17, 15) is 4.79 Å². The van der Waals surface area contributed by atoms with Gasteiger partial charge in [0.25, 0.3) is 0 Å². The van der Waals surface area contributed by atoms with E-state index in [1.807, 2.05) is 12.1 Å². The molecule has 0 atom stereocenters. The molecule has 2 fully saturated rings. The summed E-state index contributed by atoms with van der Waals surface area (Å²) in [7, 11) is 3.12. The van der Waals surface area contributed by atoms with Crippen LogP contribution in [-0.2, 0) is 4.74 Å². The van der Waals surface area contributed by atoms with E-state index < -0.39 is 0 Å². The third kappa shape index (κ3) is 4.74. The van der Waals surface area contributed by atoms with Gasteiger partial charge in [0.1, 0.15) is 5.82 Å². The lowest BCUT2D eigenvalue weighted by Crippen LogP contribution is -2.50. The number of para-hydroxylation sites is 1. The van der Waals surface area contributed by atoms with Crippen molar-refractivity contribution in [2.24, 2.45) is 0 Å². The molecule has 2 aromatic rings. The lowest BCUT2D eigenvalue weighted by Gasteiger charge is -2.36. The quantitative estimate of drug-likeness (QED) is 0.769. The third-order valence-electron chi connectivity index (χ3n) is 5.46. The lowest BCUT2D eigenvalue weighted by atomic mass is 10.2. The summed E-state index contributed by atoms with van der Waals surface area (Å²) in [5, 5.41) is 2.93. The van der Waals surface area contributed by atoms with E-state index in [1.54, 1.807) is 37.4 Å². The summed E-state index contributed by atoms with van der Waals surface area (Å²) in [5.74, 6) is 2.69. The first-order valence-corrected chi connectivity index (χ1v) is 10.4. The smallest absolute Gasteiger partial charge is 0.322 e. The molecule has 0 saturated carbocycles. The molecule has 0 aliphatic carbocycles. The van der Waals surface area contributed by atoms with Gasteiger partial charge in [-0.2, -0.15) is 4.98 Å². The van der Waals surface area contributed by atoms with Gasteiger partial charge in [0.05, 0.1) is 33.1 Å². The summed E-state index contributed by atoms with van der Waals surface area (Å²) in [4.78, 5) is 28.1. The van der Waals surface area contributed by atoms with E-state index in [1.165, 1.54) is 0 Å². The number of rotatable bonds is 5. The maximum Gasteiger partial charge on any atom is 0.322 e. The van der Waals surface area contributed by atoms with Gasteiger partial charge < -0.3 is 34.2 Å². The van der Waals surface area contributed by atoms with Gasteiger partial charge in [0.2, 0.25) is 5.95 Å². The largest absolute Gasteiger partial charge is 0.493 e. The van der Waals surface area contributed by atoms with Crippen LogP contribution in [-0.4, -0.2) is 87.6 Å². The van der Waals surface area contributed by atoms with Crippen molar-refractivity contribution in [3.8, 4) is 11.5 Å². The standard InChI is InChI=1S/C21H28N6O4/c1-29-17-5-3-4-16(19(17)30-2)23-21(28)27-10-8-25(9-11-27)18-6-7-22-20(24-18)26-12-14-31-15-13-26/h3-7H,8-15H2,1-2H3,(H,23,28). The van der Waals surface area contributed by atoms with Crippen LogP contribution in [0, 0.1) is 0 Å². The Kier molecular flexibility index (Phi) is 6.56. The Labute approximate surface area is 181 Å². The molecule has 0 bridgehead atoms. The number of morpholine rings is 1. The van der Waals surface area contributed by atoms with Crippen LogP contribution >= 0.6 is 0 Å². The maximum atomic E-state index is 12.8. The fraction of sp³-hybridized carbons (Fsp3) is 0.476. The average Bonchev–Trinajstić information content (AvgIpc) is 2.84. The lowest BCUT2D eigenvalue weighted by molar-refractivity contribution is 0.122. The number of hydrogen-bond acceptors (Lipinski definition) is 8. The normalized spacial score (nSPS) is 16.8. The fourth-order valence-electron chi connectivity index (χ4n) is 3.75. The summed E-state index contributed by atoms with van der Waals surface area (Å²) in [6, 6.07) is 7.16. The van der Waals surface area contributed by atoms with E-state index in [2.05, 4.69) is 20.1 Å². The monoisotopic (exact) mass is 428 g/mol. The predicted molar refractivity (Wildman–Crippen MR) is 117 cm³/mol. The number of aromatic nitrogens is 2. The molecule has 10 heteroatoms. The van der Waals surface area contributed by atoms with Gasteiger partial charge in [0, 0.05) is 45.5 Å². The zero-order chi connectivity index (χ0) is 21.6. The SMILES string of the molecule is COc1cccc(NC(=O)N2CCN(c3ccnc(N4CCOCC4)n3)CC2)c1OC. The van der Waals surface area contributed by atoms with E-state index in [0.717, 1.165) is 24.9 Å². The molecule has 2 saturated heterocycles. The third-order valence-corrected chi connectivity index (χ3v) is 5.46. The van der Waals surface area contributed by atoms with Gasteiger partial charge in [-0.05, 0) is 18.2 Å². The molecule has 0 radical (unpaired) electrons. The number of carbonyl (C=O) groups is 1. The van der Waals surface area contributed by atoms with Gasteiger partial charge >= 0.3 is 6.03 Å². The van der Waals surface area contributed by atoms with Crippen LogP contribution in [0.5, 0.6) is 11.5 Å². The molecule has 166 valence electrons. The molecule has 4 rings (SSSR count). The molecular weight excluding hydrogens is 400 g/mol. The summed E-state index contributed by atoms with van der Waals surface area (Å²) in [6.45, 7) is 5.56. The van der Waals surface area contributed by atoms with Crippen molar-refractivity contribution < 1.29 is 19.0 Å². The fourth-order valence-corrected chi connectivity index (χ4v) is 3.75. The first-order chi connectivity index (χ1) is 15.2. The van der Waals surface area contributed by atoms with Crippen LogP contribution in [0.3, 0.4) is 0 Å². The van der Waals surface area contributed by atoms with E-state index in [4.69, 9.17) is 19.2 Å².